The van der Waals surface area contributed by atoms with E-state index in [9.17, 15) is 13.2 Å². The van der Waals surface area contributed by atoms with E-state index >= 15 is 0 Å². The highest BCUT2D eigenvalue weighted by atomic mass is 32.2. The molecule has 0 aromatic heterocycles. The van der Waals surface area contributed by atoms with Gasteiger partial charge < -0.3 is 10.2 Å². The Bertz CT molecular complexity index is 425. The van der Waals surface area contributed by atoms with E-state index in [2.05, 4.69) is 5.32 Å². The molecule has 6 heteroatoms. The van der Waals surface area contributed by atoms with Gasteiger partial charge in [0, 0.05) is 18.8 Å². The van der Waals surface area contributed by atoms with E-state index in [1.165, 1.54) is 6.92 Å². The second-order valence-electron chi connectivity index (χ2n) is 5.89. The smallest absolute Gasteiger partial charge is 0.240 e. The molecule has 2 fully saturated rings. The average molecular weight is 288 g/mol. The molecule has 1 heterocycles. The van der Waals surface area contributed by atoms with Crippen molar-refractivity contribution in [2.24, 2.45) is 5.92 Å². The molecule has 5 nitrogen and oxygen atoms in total. The van der Waals surface area contributed by atoms with E-state index in [1.54, 1.807) is 0 Å². The van der Waals surface area contributed by atoms with Crippen LogP contribution in [0.5, 0.6) is 0 Å². The van der Waals surface area contributed by atoms with Gasteiger partial charge in [-0.1, -0.05) is 0 Å². The van der Waals surface area contributed by atoms with Crippen LogP contribution in [0.15, 0.2) is 0 Å². The molecule has 2 aliphatic rings. The van der Waals surface area contributed by atoms with Crippen molar-refractivity contribution in [3.8, 4) is 0 Å². The summed E-state index contributed by atoms with van der Waals surface area (Å²) in [4.78, 5) is 14.2. The zero-order chi connectivity index (χ0) is 14.0. The summed E-state index contributed by atoms with van der Waals surface area (Å²) in [5.41, 5.74) is 0. The number of amides is 1. The predicted octanol–water partition coefficient (Wildman–Crippen LogP) is 0.410. The van der Waals surface area contributed by atoms with Gasteiger partial charge in [-0.25, -0.2) is 8.42 Å². The Kier molecular flexibility index (Phi) is 4.50. The first-order valence-corrected chi connectivity index (χ1v) is 9.05. The molecule has 1 aliphatic carbocycles. The molecule has 0 spiro atoms. The van der Waals surface area contributed by atoms with Crippen LogP contribution >= 0.6 is 0 Å². The molecule has 110 valence electrons. The Morgan fingerprint density at radius 3 is 2.32 bits per heavy atom. The molecular formula is C13H24N2O3S. The van der Waals surface area contributed by atoms with Crippen LogP contribution in [0.3, 0.4) is 0 Å². The number of hydrogen-bond donors (Lipinski definition) is 1. The molecule has 1 saturated carbocycles. The number of carbonyl (C=O) groups excluding carboxylic acids is 1. The van der Waals surface area contributed by atoms with Crippen LogP contribution in [0.4, 0.5) is 0 Å². The minimum absolute atomic E-state index is 0.205. The summed E-state index contributed by atoms with van der Waals surface area (Å²) in [7, 11) is -3.30. The summed E-state index contributed by atoms with van der Waals surface area (Å²) >= 11 is 0. The van der Waals surface area contributed by atoms with Gasteiger partial charge in [0.1, 0.15) is 5.25 Å². The fourth-order valence-electron chi connectivity index (χ4n) is 2.56. The van der Waals surface area contributed by atoms with Gasteiger partial charge in [0.2, 0.25) is 5.91 Å². The first-order valence-electron chi connectivity index (χ1n) is 7.09. The van der Waals surface area contributed by atoms with E-state index in [-0.39, 0.29) is 11.9 Å². The Labute approximate surface area is 115 Å². The molecule has 1 atom stereocenters. The molecular weight excluding hydrogens is 264 g/mol. The first kappa shape index (κ1) is 14.8. The molecule has 2 rings (SSSR count). The standard InChI is InChI=1S/C13H24N2O3S/c1-10(19(2,17)18)13(16)15(12-3-4-12)9-11-5-7-14-8-6-11/h10-12,14H,3-9H2,1-2H3. The molecule has 1 saturated heterocycles. The second-order valence-corrected chi connectivity index (χ2v) is 8.25. The molecule has 1 aliphatic heterocycles. The number of piperidine rings is 1. The van der Waals surface area contributed by atoms with Crippen molar-refractivity contribution < 1.29 is 13.2 Å². The normalized spacial score (nSPS) is 23.1. The monoisotopic (exact) mass is 288 g/mol. The molecule has 0 aromatic carbocycles. The number of sulfone groups is 1. The zero-order valence-corrected chi connectivity index (χ0v) is 12.6. The lowest BCUT2D eigenvalue weighted by Gasteiger charge is -2.31. The van der Waals surface area contributed by atoms with Crippen molar-refractivity contribution in [1.82, 2.24) is 10.2 Å². The summed E-state index contributed by atoms with van der Waals surface area (Å²) < 4.78 is 23.1. The minimum Gasteiger partial charge on any atom is -0.338 e. The van der Waals surface area contributed by atoms with Gasteiger partial charge in [-0.05, 0) is 51.6 Å². The number of rotatable bonds is 5. The van der Waals surface area contributed by atoms with Crippen molar-refractivity contribution in [2.45, 2.75) is 43.9 Å². The van der Waals surface area contributed by atoms with Crippen molar-refractivity contribution >= 4 is 15.7 Å². The summed E-state index contributed by atoms with van der Waals surface area (Å²) in [6.07, 6.45) is 5.33. The highest BCUT2D eigenvalue weighted by Gasteiger charge is 2.38. The third-order valence-corrected chi connectivity index (χ3v) is 5.66. The zero-order valence-electron chi connectivity index (χ0n) is 11.8. The van der Waals surface area contributed by atoms with E-state index in [0.29, 0.717) is 5.92 Å². The van der Waals surface area contributed by atoms with Gasteiger partial charge >= 0.3 is 0 Å². The first-order chi connectivity index (χ1) is 8.89. The van der Waals surface area contributed by atoms with Crippen LogP contribution in [0, 0.1) is 5.92 Å². The number of nitrogens with zero attached hydrogens (tertiary/aromatic N) is 1. The fraction of sp³-hybridized carbons (Fsp3) is 0.923. The minimum atomic E-state index is -3.30. The van der Waals surface area contributed by atoms with Gasteiger partial charge in [-0.2, -0.15) is 0 Å². The summed E-state index contributed by atoms with van der Waals surface area (Å²) in [6, 6.07) is 0.284. The van der Waals surface area contributed by atoms with Crippen molar-refractivity contribution in [1.29, 1.82) is 0 Å². The second kappa shape index (κ2) is 5.79. The Morgan fingerprint density at radius 1 is 1.26 bits per heavy atom. The Balaban J connectivity index is 2.01. The topological polar surface area (TPSA) is 66.5 Å². The maximum atomic E-state index is 12.4. The third kappa shape index (κ3) is 3.92. The summed E-state index contributed by atoms with van der Waals surface area (Å²) in [5, 5.41) is 2.40. The van der Waals surface area contributed by atoms with Crippen LogP contribution in [0.1, 0.15) is 32.6 Å². The summed E-state index contributed by atoms with van der Waals surface area (Å²) in [5.74, 6) is 0.307. The maximum absolute atomic E-state index is 12.4. The van der Waals surface area contributed by atoms with E-state index in [1.807, 2.05) is 4.90 Å². The van der Waals surface area contributed by atoms with Gasteiger partial charge in [0.05, 0.1) is 0 Å². The number of carbonyl (C=O) groups is 1. The Hall–Kier alpha value is -0.620. The highest BCUT2D eigenvalue weighted by molar-refractivity contribution is 7.92. The molecule has 19 heavy (non-hydrogen) atoms. The summed E-state index contributed by atoms with van der Waals surface area (Å²) in [6.45, 7) is 4.23. The molecule has 0 radical (unpaired) electrons. The number of hydrogen-bond acceptors (Lipinski definition) is 4. The SMILES string of the molecule is CC(C(=O)N(CC1CCNCC1)C1CC1)S(C)(=O)=O. The average Bonchev–Trinajstić information content (AvgIpc) is 3.18. The Morgan fingerprint density at radius 2 is 1.84 bits per heavy atom. The third-order valence-electron chi connectivity index (χ3n) is 4.17. The van der Waals surface area contributed by atoms with E-state index in [4.69, 9.17) is 0 Å². The highest BCUT2D eigenvalue weighted by Crippen LogP contribution is 2.30. The quantitative estimate of drug-likeness (QED) is 0.796. The van der Waals surface area contributed by atoms with E-state index < -0.39 is 15.1 Å². The van der Waals surface area contributed by atoms with Crippen LogP contribution in [-0.2, 0) is 14.6 Å². The molecule has 1 N–H and O–H groups in total. The molecule has 0 aromatic rings. The van der Waals surface area contributed by atoms with Crippen molar-refractivity contribution in [3.05, 3.63) is 0 Å². The van der Waals surface area contributed by atoms with E-state index in [0.717, 1.165) is 51.6 Å². The largest absolute Gasteiger partial charge is 0.338 e. The van der Waals surface area contributed by atoms with Crippen LogP contribution < -0.4 is 5.32 Å². The van der Waals surface area contributed by atoms with Gasteiger partial charge in [0.25, 0.3) is 0 Å². The number of nitrogens with one attached hydrogen (secondary N) is 1. The fourth-order valence-corrected chi connectivity index (χ4v) is 3.07. The lowest BCUT2D eigenvalue weighted by molar-refractivity contribution is -0.131. The van der Waals surface area contributed by atoms with Gasteiger partial charge in [-0.3, -0.25) is 4.79 Å². The van der Waals surface area contributed by atoms with Crippen molar-refractivity contribution in [2.75, 3.05) is 25.9 Å². The molecule has 1 amide bonds. The lowest BCUT2D eigenvalue weighted by Crippen LogP contribution is -2.46. The maximum Gasteiger partial charge on any atom is 0.240 e. The van der Waals surface area contributed by atoms with Crippen molar-refractivity contribution in [3.63, 3.8) is 0 Å². The molecule has 1 unspecified atom stereocenters. The molecule has 0 bridgehead atoms. The van der Waals surface area contributed by atoms with Gasteiger partial charge in [0.15, 0.2) is 9.84 Å². The van der Waals surface area contributed by atoms with Gasteiger partial charge in [-0.15, -0.1) is 0 Å². The van der Waals surface area contributed by atoms with Crippen LogP contribution in [0.25, 0.3) is 0 Å². The van der Waals surface area contributed by atoms with Crippen LogP contribution in [0.2, 0.25) is 0 Å². The predicted molar refractivity (Wildman–Crippen MR) is 74.6 cm³/mol. The van der Waals surface area contributed by atoms with Crippen LogP contribution in [-0.4, -0.2) is 56.4 Å². The lowest BCUT2D eigenvalue weighted by atomic mass is 9.97.